The van der Waals surface area contributed by atoms with Crippen LogP contribution in [0.25, 0.3) is 0 Å². The van der Waals surface area contributed by atoms with Crippen LogP contribution in [0.4, 0.5) is 0 Å². The first-order valence-electron chi connectivity index (χ1n) is 7.31. The number of nitrogens with two attached hydrogens (primary N) is 1. The van der Waals surface area contributed by atoms with E-state index in [1.165, 1.54) is 23.3 Å². The summed E-state index contributed by atoms with van der Waals surface area (Å²) in [5.41, 5.74) is 0.316. The molecule has 1 heterocycles. The Balaban J connectivity index is 2.03. The Bertz CT molecular complexity index is 613. The lowest BCUT2D eigenvalue weighted by atomic mass is 9.84. The van der Waals surface area contributed by atoms with Crippen molar-refractivity contribution in [1.29, 1.82) is 0 Å². The molecule has 0 unspecified atom stereocenters. The van der Waals surface area contributed by atoms with Crippen molar-refractivity contribution in [3.63, 3.8) is 0 Å². The van der Waals surface area contributed by atoms with Crippen LogP contribution in [0.1, 0.15) is 49.5 Å². The lowest BCUT2D eigenvalue weighted by Crippen LogP contribution is -2.38. The number of nitrogens with one attached hydrogen (secondary N) is 1. The van der Waals surface area contributed by atoms with Crippen LogP contribution in [0.3, 0.4) is 0 Å². The van der Waals surface area contributed by atoms with Crippen molar-refractivity contribution in [3.8, 4) is 0 Å². The molecule has 21 heavy (non-hydrogen) atoms. The molecule has 1 aliphatic carbocycles. The highest BCUT2D eigenvalue weighted by atomic mass is 32.2. The van der Waals surface area contributed by atoms with Crippen LogP contribution in [-0.4, -0.2) is 24.9 Å². The Labute approximate surface area is 125 Å². The SMILES string of the molecule is CCC1CCC(NC(=O)c2cc(S(N)(=O)=O)cn2C)CC1. The lowest BCUT2D eigenvalue weighted by molar-refractivity contribution is 0.0913. The second-order valence-electron chi connectivity index (χ2n) is 5.82. The first-order chi connectivity index (χ1) is 9.81. The third-order valence-electron chi connectivity index (χ3n) is 4.30. The van der Waals surface area contributed by atoms with Crippen molar-refractivity contribution in [2.75, 3.05) is 0 Å². The fourth-order valence-electron chi connectivity index (χ4n) is 2.89. The number of nitrogens with zero attached hydrogens (tertiary/aromatic N) is 1. The van der Waals surface area contributed by atoms with Crippen LogP contribution in [0.2, 0.25) is 0 Å². The minimum Gasteiger partial charge on any atom is -0.348 e. The van der Waals surface area contributed by atoms with Gasteiger partial charge >= 0.3 is 0 Å². The number of primary sulfonamides is 1. The largest absolute Gasteiger partial charge is 0.348 e. The van der Waals surface area contributed by atoms with Gasteiger partial charge in [0.15, 0.2) is 0 Å². The van der Waals surface area contributed by atoms with E-state index in [1.54, 1.807) is 7.05 Å². The van der Waals surface area contributed by atoms with E-state index in [0.29, 0.717) is 5.69 Å². The van der Waals surface area contributed by atoms with Gasteiger partial charge in [-0.1, -0.05) is 13.3 Å². The number of amides is 1. The molecule has 0 spiro atoms. The van der Waals surface area contributed by atoms with Crippen molar-refractivity contribution in [2.24, 2.45) is 18.1 Å². The molecule has 1 aromatic heterocycles. The normalized spacial score (nSPS) is 23.0. The van der Waals surface area contributed by atoms with Crippen molar-refractivity contribution < 1.29 is 13.2 Å². The zero-order valence-electron chi connectivity index (χ0n) is 12.5. The van der Waals surface area contributed by atoms with E-state index < -0.39 is 10.0 Å². The summed E-state index contributed by atoms with van der Waals surface area (Å²) in [5.74, 6) is 0.523. The fourth-order valence-corrected chi connectivity index (χ4v) is 3.47. The Hall–Kier alpha value is -1.34. The average molecular weight is 313 g/mol. The van der Waals surface area contributed by atoms with E-state index in [-0.39, 0.29) is 16.8 Å². The molecular formula is C14H23N3O3S. The van der Waals surface area contributed by atoms with Crippen molar-refractivity contribution >= 4 is 15.9 Å². The number of aryl methyl sites for hydroxylation is 1. The summed E-state index contributed by atoms with van der Waals surface area (Å²) in [6.07, 6.45) is 6.79. The molecule has 1 amide bonds. The number of hydrogen-bond donors (Lipinski definition) is 2. The van der Waals surface area contributed by atoms with Gasteiger partial charge < -0.3 is 9.88 Å². The molecule has 1 saturated carbocycles. The lowest BCUT2D eigenvalue weighted by Gasteiger charge is -2.28. The van der Waals surface area contributed by atoms with Gasteiger partial charge in [0.25, 0.3) is 5.91 Å². The third kappa shape index (κ3) is 3.85. The Kier molecular flexibility index (Phi) is 4.73. The topological polar surface area (TPSA) is 94.2 Å². The van der Waals surface area contributed by atoms with E-state index in [2.05, 4.69) is 12.2 Å². The maximum atomic E-state index is 12.3. The van der Waals surface area contributed by atoms with Crippen LogP contribution in [-0.2, 0) is 17.1 Å². The predicted octanol–water partition coefficient (Wildman–Crippen LogP) is 1.37. The van der Waals surface area contributed by atoms with Crippen LogP contribution in [0, 0.1) is 5.92 Å². The molecule has 1 fully saturated rings. The quantitative estimate of drug-likeness (QED) is 0.879. The van der Waals surface area contributed by atoms with E-state index in [1.807, 2.05) is 0 Å². The summed E-state index contributed by atoms with van der Waals surface area (Å²) in [7, 11) is -2.15. The summed E-state index contributed by atoms with van der Waals surface area (Å²) in [5, 5.41) is 8.07. The molecule has 1 aliphatic rings. The molecule has 0 aromatic carbocycles. The van der Waals surface area contributed by atoms with Crippen molar-refractivity contribution in [3.05, 3.63) is 18.0 Å². The fraction of sp³-hybridized carbons (Fsp3) is 0.643. The maximum absolute atomic E-state index is 12.3. The molecule has 7 heteroatoms. The molecule has 0 saturated heterocycles. The summed E-state index contributed by atoms with van der Waals surface area (Å²) in [6, 6.07) is 1.50. The monoisotopic (exact) mass is 313 g/mol. The summed E-state index contributed by atoms with van der Waals surface area (Å²) >= 11 is 0. The van der Waals surface area contributed by atoms with Crippen molar-refractivity contribution in [2.45, 2.75) is 50.0 Å². The Morgan fingerprint density at radius 3 is 2.48 bits per heavy atom. The Morgan fingerprint density at radius 2 is 2.00 bits per heavy atom. The average Bonchev–Trinajstić information content (AvgIpc) is 2.82. The maximum Gasteiger partial charge on any atom is 0.268 e. The molecule has 6 nitrogen and oxygen atoms in total. The number of carbonyl (C=O) groups is 1. The third-order valence-corrected chi connectivity index (χ3v) is 5.18. The van der Waals surface area contributed by atoms with Gasteiger partial charge in [-0.15, -0.1) is 0 Å². The number of hydrogen-bond acceptors (Lipinski definition) is 3. The molecular weight excluding hydrogens is 290 g/mol. The zero-order valence-corrected chi connectivity index (χ0v) is 13.3. The van der Waals surface area contributed by atoms with Gasteiger partial charge in [-0.05, 0) is 37.7 Å². The first kappa shape index (κ1) is 16.0. The number of sulfonamides is 1. The molecule has 2 rings (SSSR count). The molecule has 118 valence electrons. The van der Waals surface area contributed by atoms with Gasteiger partial charge in [0.2, 0.25) is 10.0 Å². The van der Waals surface area contributed by atoms with Gasteiger partial charge in [-0.3, -0.25) is 4.79 Å². The predicted molar refractivity (Wildman–Crippen MR) is 80.3 cm³/mol. The first-order valence-corrected chi connectivity index (χ1v) is 8.86. The summed E-state index contributed by atoms with van der Waals surface area (Å²) < 4.78 is 24.1. The number of aromatic nitrogens is 1. The minimum atomic E-state index is -3.78. The highest BCUT2D eigenvalue weighted by molar-refractivity contribution is 7.89. The molecule has 0 radical (unpaired) electrons. The highest BCUT2D eigenvalue weighted by Crippen LogP contribution is 2.26. The summed E-state index contributed by atoms with van der Waals surface area (Å²) in [6.45, 7) is 2.20. The van der Waals surface area contributed by atoms with E-state index >= 15 is 0 Å². The van der Waals surface area contributed by atoms with Crippen molar-refractivity contribution in [1.82, 2.24) is 9.88 Å². The second kappa shape index (κ2) is 6.19. The number of carbonyl (C=O) groups excluding carboxylic acids is 1. The van der Waals surface area contributed by atoms with Gasteiger partial charge in [-0.25, -0.2) is 13.6 Å². The number of rotatable bonds is 4. The van der Waals surface area contributed by atoms with Crippen LogP contribution < -0.4 is 10.5 Å². The molecule has 1 aromatic rings. The summed E-state index contributed by atoms with van der Waals surface area (Å²) in [4.78, 5) is 12.2. The minimum absolute atomic E-state index is 0.0372. The highest BCUT2D eigenvalue weighted by Gasteiger charge is 2.23. The smallest absolute Gasteiger partial charge is 0.268 e. The van der Waals surface area contributed by atoms with Gasteiger partial charge in [-0.2, -0.15) is 0 Å². The van der Waals surface area contributed by atoms with Gasteiger partial charge in [0, 0.05) is 19.3 Å². The Morgan fingerprint density at radius 1 is 1.38 bits per heavy atom. The molecule has 3 N–H and O–H groups in total. The molecule has 0 bridgehead atoms. The molecule has 0 atom stereocenters. The van der Waals surface area contributed by atoms with E-state index in [4.69, 9.17) is 5.14 Å². The van der Waals surface area contributed by atoms with Crippen LogP contribution in [0.15, 0.2) is 17.2 Å². The van der Waals surface area contributed by atoms with Gasteiger partial charge in [0.1, 0.15) is 10.6 Å². The standard InChI is InChI=1S/C14H23N3O3S/c1-3-10-4-6-11(7-5-10)16-14(18)13-8-12(9-17(13)2)21(15,19)20/h8-11H,3-7H2,1-2H3,(H,16,18)(H2,15,19,20). The van der Waals surface area contributed by atoms with Gasteiger partial charge in [0.05, 0.1) is 0 Å². The second-order valence-corrected chi connectivity index (χ2v) is 7.38. The van der Waals surface area contributed by atoms with E-state index in [9.17, 15) is 13.2 Å². The zero-order chi connectivity index (χ0) is 15.6. The molecule has 0 aliphatic heterocycles. The van der Waals surface area contributed by atoms with Crippen LogP contribution in [0.5, 0.6) is 0 Å². The van der Waals surface area contributed by atoms with E-state index in [0.717, 1.165) is 31.6 Å². The van der Waals surface area contributed by atoms with Crippen LogP contribution >= 0.6 is 0 Å².